The zero-order chi connectivity index (χ0) is 27.6. The fourth-order valence-corrected chi connectivity index (χ4v) is 5.23. The van der Waals surface area contributed by atoms with E-state index in [1.165, 1.54) is 5.56 Å². The highest BCUT2D eigenvalue weighted by atomic mass is 16.5. The molecule has 0 saturated heterocycles. The highest BCUT2D eigenvalue weighted by Gasteiger charge is 2.35. The number of ether oxygens (including phenoxy) is 1. The maximum Gasteiger partial charge on any atom is 0.308 e. The molecule has 1 heterocycles. The van der Waals surface area contributed by atoms with Gasteiger partial charge in [0.25, 0.3) is 0 Å². The summed E-state index contributed by atoms with van der Waals surface area (Å²) >= 11 is 0. The minimum absolute atomic E-state index is 0.0477. The summed E-state index contributed by atoms with van der Waals surface area (Å²) in [5.74, 6) is 4.43. The second-order valence-corrected chi connectivity index (χ2v) is 10.4. The van der Waals surface area contributed by atoms with Crippen LogP contribution in [0.1, 0.15) is 74.3 Å². The molecule has 38 heavy (non-hydrogen) atoms. The first kappa shape index (κ1) is 27.2. The van der Waals surface area contributed by atoms with E-state index in [-0.39, 0.29) is 29.5 Å². The number of aliphatic carboxylic acids is 1. The lowest BCUT2D eigenvalue weighted by molar-refractivity contribution is -0.145. The Kier molecular flexibility index (Phi) is 8.05. The van der Waals surface area contributed by atoms with E-state index >= 15 is 0 Å². The topological polar surface area (TPSA) is 116 Å². The number of carboxylic acid groups (broad SMARTS) is 1. The molecule has 2 aromatic rings. The molecule has 3 N–H and O–H groups in total. The smallest absolute Gasteiger partial charge is 0.308 e. The number of aromatic nitrogens is 1. The molecule has 2 aliphatic carbocycles. The van der Waals surface area contributed by atoms with Crippen molar-refractivity contribution < 1.29 is 19.4 Å². The summed E-state index contributed by atoms with van der Waals surface area (Å²) in [6, 6.07) is 7.72. The zero-order valence-corrected chi connectivity index (χ0v) is 22.7. The van der Waals surface area contributed by atoms with Gasteiger partial charge in [-0.3, -0.25) is 19.9 Å². The number of hydrogen-bond acceptors (Lipinski definition) is 6. The standard InChI is InChI=1S/C30H36N4O4/c1-6-7-27(35)34(25-16-18(3)17(2)15-23(25)20-8-9-20)26-13-12-24(32-5)28(33-26)29(31)38-21-10-11-22(30(36)37)19(4)14-21/h12-13,15-16,19-22,31-32H,8-11,14H2,1-5H3,(H,36,37). The van der Waals surface area contributed by atoms with E-state index in [2.05, 4.69) is 30.1 Å². The van der Waals surface area contributed by atoms with E-state index in [1.807, 2.05) is 19.9 Å². The van der Waals surface area contributed by atoms with Crippen molar-refractivity contribution in [2.24, 2.45) is 11.8 Å². The first-order chi connectivity index (χ1) is 18.1. The van der Waals surface area contributed by atoms with Crippen molar-refractivity contribution in [3.05, 3.63) is 46.6 Å². The number of benzene rings is 1. The number of anilines is 3. The Bertz CT molecular complexity index is 1320. The normalized spacial score (nSPS) is 20.6. The molecule has 3 atom stereocenters. The minimum Gasteiger partial charge on any atom is -0.481 e. The Hall–Kier alpha value is -3.86. The number of carbonyl (C=O) groups is 2. The summed E-state index contributed by atoms with van der Waals surface area (Å²) in [7, 11) is 1.74. The van der Waals surface area contributed by atoms with E-state index in [9.17, 15) is 14.7 Å². The van der Waals surface area contributed by atoms with Crippen molar-refractivity contribution in [2.75, 3.05) is 17.3 Å². The van der Waals surface area contributed by atoms with Crippen LogP contribution >= 0.6 is 0 Å². The summed E-state index contributed by atoms with van der Waals surface area (Å²) in [6.07, 6.45) is 3.51. The molecule has 4 rings (SSSR count). The van der Waals surface area contributed by atoms with Crippen molar-refractivity contribution in [1.82, 2.24) is 4.98 Å². The molecule has 1 amide bonds. The average Bonchev–Trinajstić information content (AvgIpc) is 3.71. The first-order valence-electron chi connectivity index (χ1n) is 13.2. The van der Waals surface area contributed by atoms with E-state index in [4.69, 9.17) is 15.1 Å². The molecule has 2 saturated carbocycles. The molecule has 8 nitrogen and oxygen atoms in total. The number of amides is 1. The second kappa shape index (κ2) is 11.3. The Morgan fingerprint density at radius 3 is 2.47 bits per heavy atom. The Labute approximate surface area is 224 Å². The Morgan fingerprint density at radius 2 is 1.87 bits per heavy atom. The maximum absolute atomic E-state index is 13.4. The number of pyridine rings is 1. The van der Waals surface area contributed by atoms with Crippen LogP contribution in [-0.2, 0) is 14.3 Å². The molecule has 1 aromatic heterocycles. The lowest BCUT2D eigenvalue weighted by Gasteiger charge is -2.32. The molecule has 0 spiro atoms. The molecule has 2 fully saturated rings. The van der Waals surface area contributed by atoms with E-state index < -0.39 is 11.9 Å². The summed E-state index contributed by atoms with van der Waals surface area (Å²) in [5, 5.41) is 21.2. The highest BCUT2D eigenvalue weighted by molar-refractivity contribution is 6.11. The molecule has 1 aromatic carbocycles. The number of carbonyl (C=O) groups excluding carboxylic acids is 1. The number of aryl methyl sites for hydroxylation is 2. The number of rotatable bonds is 7. The molecular weight excluding hydrogens is 480 g/mol. The first-order valence-corrected chi connectivity index (χ1v) is 13.2. The predicted octanol–water partition coefficient (Wildman–Crippen LogP) is 5.54. The van der Waals surface area contributed by atoms with Gasteiger partial charge in [-0.1, -0.05) is 18.9 Å². The van der Waals surface area contributed by atoms with E-state index in [1.54, 1.807) is 31.0 Å². The van der Waals surface area contributed by atoms with Crippen molar-refractivity contribution >= 4 is 35.0 Å². The fraction of sp³-hybridized carbons (Fsp3) is 0.467. The molecule has 0 radical (unpaired) electrons. The van der Waals surface area contributed by atoms with Crippen molar-refractivity contribution in [1.29, 1.82) is 5.41 Å². The minimum atomic E-state index is -0.783. The lowest BCUT2D eigenvalue weighted by atomic mass is 9.79. The summed E-state index contributed by atoms with van der Waals surface area (Å²) < 4.78 is 6.03. The Morgan fingerprint density at radius 1 is 1.16 bits per heavy atom. The van der Waals surface area contributed by atoms with E-state index in [0.717, 1.165) is 29.7 Å². The van der Waals surface area contributed by atoms with Gasteiger partial charge in [0.05, 0.1) is 17.3 Å². The van der Waals surface area contributed by atoms with Crippen LogP contribution in [-0.4, -0.2) is 41.0 Å². The van der Waals surface area contributed by atoms with Crippen LogP contribution in [0.3, 0.4) is 0 Å². The monoisotopic (exact) mass is 516 g/mol. The van der Waals surface area contributed by atoms with Gasteiger partial charge in [-0.15, -0.1) is 0 Å². The van der Waals surface area contributed by atoms with Crippen LogP contribution in [0.5, 0.6) is 0 Å². The molecule has 0 aliphatic heterocycles. The maximum atomic E-state index is 13.4. The van der Waals surface area contributed by atoms with Gasteiger partial charge < -0.3 is 15.2 Å². The van der Waals surface area contributed by atoms with Crippen LogP contribution in [0.15, 0.2) is 24.3 Å². The number of hydrogen-bond donors (Lipinski definition) is 3. The molecule has 8 heteroatoms. The van der Waals surface area contributed by atoms with Gasteiger partial charge in [0, 0.05) is 7.05 Å². The quantitative estimate of drug-likeness (QED) is 0.253. The van der Waals surface area contributed by atoms with E-state index in [0.29, 0.717) is 36.7 Å². The van der Waals surface area contributed by atoms with Crippen LogP contribution in [0.4, 0.5) is 17.2 Å². The van der Waals surface area contributed by atoms with Gasteiger partial charge in [0.2, 0.25) is 5.90 Å². The van der Waals surface area contributed by atoms with Crippen LogP contribution in [0, 0.1) is 42.9 Å². The summed E-state index contributed by atoms with van der Waals surface area (Å²) in [5.41, 5.74) is 5.01. The third-order valence-electron chi connectivity index (χ3n) is 7.65. The molecule has 0 bridgehead atoms. The summed E-state index contributed by atoms with van der Waals surface area (Å²) in [4.78, 5) is 31.2. The second-order valence-electron chi connectivity index (χ2n) is 10.4. The number of nitrogens with one attached hydrogen (secondary N) is 2. The third-order valence-corrected chi connectivity index (χ3v) is 7.65. The van der Waals surface area contributed by atoms with Gasteiger partial charge in [0.1, 0.15) is 17.6 Å². The van der Waals surface area contributed by atoms with Gasteiger partial charge in [0.15, 0.2) is 0 Å². The third kappa shape index (κ3) is 5.67. The van der Waals surface area contributed by atoms with Crippen LogP contribution in [0.2, 0.25) is 0 Å². The van der Waals surface area contributed by atoms with Gasteiger partial charge >= 0.3 is 11.9 Å². The average molecular weight is 517 g/mol. The van der Waals surface area contributed by atoms with Crippen molar-refractivity contribution in [3.63, 3.8) is 0 Å². The molecule has 2 aliphatic rings. The molecular formula is C30H36N4O4. The van der Waals surface area contributed by atoms with Crippen LogP contribution in [0.25, 0.3) is 0 Å². The largest absolute Gasteiger partial charge is 0.481 e. The highest BCUT2D eigenvalue weighted by Crippen LogP contribution is 2.46. The summed E-state index contributed by atoms with van der Waals surface area (Å²) in [6.45, 7) is 7.64. The lowest BCUT2D eigenvalue weighted by Crippen LogP contribution is -2.34. The van der Waals surface area contributed by atoms with Gasteiger partial charge in [-0.25, -0.2) is 4.98 Å². The SMILES string of the molecule is CC#CC(=O)N(c1ccc(NC)c(C(=N)OC2CCC(C(=O)O)C(C)C2)n1)c1cc(C)c(C)cc1C1CC1. The predicted molar refractivity (Wildman–Crippen MR) is 148 cm³/mol. The Balaban J connectivity index is 1.70. The van der Waals surface area contributed by atoms with Gasteiger partial charge in [-0.05, 0) is 106 Å². The number of nitrogens with zero attached hydrogens (tertiary/aromatic N) is 2. The van der Waals surface area contributed by atoms with Crippen molar-refractivity contribution in [3.8, 4) is 11.8 Å². The molecule has 3 unspecified atom stereocenters. The zero-order valence-electron chi connectivity index (χ0n) is 22.7. The van der Waals surface area contributed by atoms with Crippen molar-refractivity contribution in [2.45, 2.75) is 71.8 Å². The number of carboxylic acids is 1. The van der Waals surface area contributed by atoms with Gasteiger partial charge in [-0.2, -0.15) is 0 Å². The fourth-order valence-electron chi connectivity index (χ4n) is 5.23. The van der Waals surface area contributed by atoms with Crippen LogP contribution < -0.4 is 10.2 Å². The molecule has 200 valence electrons.